The number of hydrogen-bond donors (Lipinski definition) is 1. The van der Waals surface area contributed by atoms with E-state index in [0.717, 1.165) is 31.2 Å². The predicted molar refractivity (Wildman–Crippen MR) is 116 cm³/mol. The van der Waals surface area contributed by atoms with Gasteiger partial charge in [-0.1, -0.05) is 23.9 Å². The standard InChI is InChI=1S/C21H20FN5OS2/c1-27-19(14-7-2-4-8-16(14)22)25-26-21(27)29-11-10-18(28)24-20-15(12-23)13-6-3-5-9-17(13)30-20/h2,4,7-8H,3,5-6,9-11H2,1H3,(H,24,28). The van der Waals surface area contributed by atoms with Gasteiger partial charge in [0.1, 0.15) is 16.9 Å². The normalized spacial score (nSPS) is 13.0. The van der Waals surface area contributed by atoms with Gasteiger partial charge in [-0.15, -0.1) is 21.5 Å². The van der Waals surface area contributed by atoms with Gasteiger partial charge in [0.15, 0.2) is 11.0 Å². The summed E-state index contributed by atoms with van der Waals surface area (Å²) >= 11 is 2.92. The molecule has 3 aromatic rings. The molecule has 2 aromatic heterocycles. The van der Waals surface area contributed by atoms with Gasteiger partial charge in [0, 0.05) is 24.1 Å². The molecule has 0 fully saturated rings. The van der Waals surface area contributed by atoms with Gasteiger partial charge in [-0.25, -0.2) is 4.39 Å². The highest BCUT2D eigenvalue weighted by Gasteiger charge is 2.22. The quantitative estimate of drug-likeness (QED) is 0.567. The summed E-state index contributed by atoms with van der Waals surface area (Å²) in [6, 6.07) is 8.69. The summed E-state index contributed by atoms with van der Waals surface area (Å²) in [5, 5.41) is 21.9. The van der Waals surface area contributed by atoms with Crippen molar-refractivity contribution in [2.75, 3.05) is 11.1 Å². The van der Waals surface area contributed by atoms with Crippen LogP contribution in [0, 0.1) is 17.1 Å². The minimum atomic E-state index is -0.351. The maximum absolute atomic E-state index is 14.0. The molecule has 0 saturated carbocycles. The third kappa shape index (κ3) is 4.11. The molecule has 0 bridgehead atoms. The number of thioether (sulfide) groups is 1. The first kappa shape index (κ1) is 20.6. The zero-order valence-corrected chi connectivity index (χ0v) is 18.1. The summed E-state index contributed by atoms with van der Waals surface area (Å²) in [6.45, 7) is 0. The lowest BCUT2D eigenvalue weighted by Crippen LogP contribution is -2.12. The average Bonchev–Trinajstić information content (AvgIpc) is 3.28. The van der Waals surface area contributed by atoms with Crippen LogP contribution in [0.25, 0.3) is 11.4 Å². The van der Waals surface area contributed by atoms with Gasteiger partial charge in [-0.2, -0.15) is 5.26 Å². The van der Waals surface area contributed by atoms with E-state index in [1.165, 1.54) is 34.0 Å². The maximum Gasteiger partial charge on any atom is 0.225 e. The number of amides is 1. The summed E-state index contributed by atoms with van der Waals surface area (Å²) in [7, 11) is 1.78. The van der Waals surface area contributed by atoms with Crippen LogP contribution >= 0.6 is 23.1 Å². The molecule has 1 amide bonds. The molecule has 0 spiro atoms. The van der Waals surface area contributed by atoms with Crippen LogP contribution in [-0.2, 0) is 24.7 Å². The van der Waals surface area contributed by atoms with Gasteiger partial charge in [-0.05, 0) is 43.4 Å². The number of carbonyl (C=O) groups excluding carboxylic acids is 1. The van der Waals surface area contributed by atoms with Crippen molar-refractivity contribution in [2.24, 2.45) is 7.05 Å². The van der Waals surface area contributed by atoms with E-state index in [1.807, 2.05) is 0 Å². The van der Waals surface area contributed by atoms with Crippen LogP contribution in [0.5, 0.6) is 0 Å². The van der Waals surface area contributed by atoms with E-state index < -0.39 is 0 Å². The number of benzene rings is 1. The molecule has 0 unspecified atom stereocenters. The molecule has 1 aromatic carbocycles. The highest BCUT2D eigenvalue weighted by atomic mass is 32.2. The minimum Gasteiger partial charge on any atom is -0.317 e. The molecule has 9 heteroatoms. The van der Waals surface area contributed by atoms with Crippen molar-refractivity contribution in [3.05, 3.63) is 46.1 Å². The number of halogens is 1. The Hall–Kier alpha value is -2.70. The van der Waals surface area contributed by atoms with Crippen LogP contribution < -0.4 is 5.32 Å². The summed E-state index contributed by atoms with van der Waals surface area (Å²) in [5.74, 6) is 0.468. The number of fused-ring (bicyclic) bond motifs is 1. The van der Waals surface area contributed by atoms with Crippen molar-refractivity contribution < 1.29 is 9.18 Å². The van der Waals surface area contributed by atoms with Gasteiger partial charge in [0.2, 0.25) is 5.91 Å². The fourth-order valence-corrected chi connectivity index (χ4v) is 5.62. The lowest BCUT2D eigenvalue weighted by molar-refractivity contribution is -0.115. The molecule has 1 aliphatic carbocycles. The Kier molecular flexibility index (Phi) is 6.16. The summed E-state index contributed by atoms with van der Waals surface area (Å²) < 4.78 is 15.7. The van der Waals surface area contributed by atoms with Crippen LogP contribution in [0.15, 0.2) is 29.4 Å². The number of anilines is 1. The van der Waals surface area contributed by atoms with Gasteiger partial charge in [0.05, 0.1) is 11.1 Å². The Balaban J connectivity index is 1.37. The van der Waals surface area contributed by atoms with E-state index in [1.54, 1.807) is 29.8 Å². The molecular formula is C21H20FN5OS2. The number of nitriles is 1. The van der Waals surface area contributed by atoms with Gasteiger partial charge < -0.3 is 9.88 Å². The minimum absolute atomic E-state index is 0.130. The molecule has 6 nitrogen and oxygen atoms in total. The van der Waals surface area contributed by atoms with E-state index in [4.69, 9.17) is 0 Å². The Morgan fingerprint density at radius 2 is 2.13 bits per heavy atom. The molecule has 30 heavy (non-hydrogen) atoms. The van der Waals surface area contributed by atoms with E-state index in [-0.39, 0.29) is 18.1 Å². The Morgan fingerprint density at radius 1 is 1.33 bits per heavy atom. The Morgan fingerprint density at radius 3 is 2.93 bits per heavy atom. The van der Waals surface area contributed by atoms with Crippen molar-refractivity contribution >= 4 is 34.0 Å². The number of hydrogen-bond acceptors (Lipinski definition) is 6. The van der Waals surface area contributed by atoms with Gasteiger partial charge in [0.25, 0.3) is 0 Å². The first-order chi connectivity index (χ1) is 14.6. The van der Waals surface area contributed by atoms with Crippen molar-refractivity contribution in [3.63, 3.8) is 0 Å². The highest BCUT2D eigenvalue weighted by Crippen LogP contribution is 2.37. The second kappa shape index (κ2) is 8.98. The zero-order valence-electron chi connectivity index (χ0n) is 16.4. The fraction of sp³-hybridized carbons (Fsp3) is 0.333. The number of thiophene rings is 1. The fourth-order valence-electron chi connectivity index (χ4n) is 3.51. The van der Waals surface area contributed by atoms with E-state index in [2.05, 4.69) is 21.6 Å². The zero-order chi connectivity index (χ0) is 21.1. The molecule has 0 atom stereocenters. The smallest absolute Gasteiger partial charge is 0.225 e. The summed E-state index contributed by atoms with van der Waals surface area (Å²) in [6.07, 6.45) is 4.40. The molecule has 1 N–H and O–H groups in total. The molecule has 0 radical (unpaired) electrons. The topological polar surface area (TPSA) is 83.6 Å². The van der Waals surface area contributed by atoms with E-state index in [0.29, 0.717) is 32.9 Å². The molecule has 1 aliphatic rings. The van der Waals surface area contributed by atoms with Crippen LogP contribution in [-0.4, -0.2) is 26.4 Å². The van der Waals surface area contributed by atoms with Gasteiger partial charge in [-0.3, -0.25) is 4.79 Å². The van der Waals surface area contributed by atoms with Crippen LogP contribution in [0.2, 0.25) is 0 Å². The molecule has 2 heterocycles. The van der Waals surface area contributed by atoms with Crippen LogP contribution in [0.4, 0.5) is 9.39 Å². The molecule has 0 aliphatic heterocycles. The van der Waals surface area contributed by atoms with Gasteiger partial charge >= 0.3 is 0 Å². The number of rotatable bonds is 6. The number of nitrogens with zero attached hydrogens (tertiary/aromatic N) is 4. The third-order valence-electron chi connectivity index (χ3n) is 5.05. The molecular weight excluding hydrogens is 421 g/mol. The number of aromatic nitrogens is 3. The van der Waals surface area contributed by atoms with E-state index in [9.17, 15) is 14.4 Å². The maximum atomic E-state index is 14.0. The van der Waals surface area contributed by atoms with Crippen molar-refractivity contribution in [3.8, 4) is 17.5 Å². The first-order valence-electron chi connectivity index (χ1n) is 9.70. The SMILES string of the molecule is Cn1c(SCCC(=O)Nc2sc3c(c2C#N)CCCC3)nnc1-c1ccccc1F. The highest BCUT2D eigenvalue weighted by molar-refractivity contribution is 7.99. The number of carbonyl (C=O) groups is 1. The number of aryl methyl sites for hydroxylation is 1. The van der Waals surface area contributed by atoms with Crippen LogP contribution in [0.3, 0.4) is 0 Å². The monoisotopic (exact) mass is 441 g/mol. The van der Waals surface area contributed by atoms with Crippen molar-refractivity contribution in [1.82, 2.24) is 14.8 Å². The first-order valence-corrected chi connectivity index (χ1v) is 11.5. The average molecular weight is 442 g/mol. The van der Waals surface area contributed by atoms with E-state index >= 15 is 0 Å². The summed E-state index contributed by atoms with van der Waals surface area (Å²) in [5.41, 5.74) is 2.12. The lowest BCUT2D eigenvalue weighted by Gasteiger charge is -2.09. The summed E-state index contributed by atoms with van der Waals surface area (Å²) in [4.78, 5) is 13.6. The number of nitrogens with one attached hydrogen (secondary N) is 1. The third-order valence-corrected chi connectivity index (χ3v) is 7.28. The molecule has 4 rings (SSSR count). The largest absolute Gasteiger partial charge is 0.317 e. The lowest BCUT2D eigenvalue weighted by atomic mass is 9.96. The van der Waals surface area contributed by atoms with Crippen LogP contribution in [0.1, 0.15) is 35.3 Å². The molecule has 154 valence electrons. The predicted octanol–water partition coefficient (Wildman–Crippen LogP) is 4.55. The van der Waals surface area contributed by atoms with Crippen molar-refractivity contribution in [1.29, 1.82) is 5.26 Å². The Bertz CT molecular complexity index is 1130. The Labute approximate surface area is 182 Å². The second-order valence-electron chi connectivity index (χ2n) is 7.02. The second-order valence-corrected chi connectivity index (χ2v) is 9.19. The van der Waals surface area contributed by atoms with Crippen molar-refractivity contribution in [2.45, 2.75) is 37.3 Å². The molecule has 0 saturated heterocycles.